The standard InChI is InChI=1S/C20H25N3O5S/c1-14(19(24)22-10-5-6-11-22)28-20(25)15-8-9-16-17(13-15)29(26,27)21-18-7-3-2-4-12-23(16)18/h8-9,13-14H,2-7,10-12H2,1H3. The minimum absolute atomic E-state index is 0.0103. The number of likely N-dealkylation sites (tertiary alicyclic amines) is 1. The predicted octanol–water partition coefficient (Wildman–Crippen LogP) is 2.34. The molecule has 4 rings (SSSR count). The molecule has 3 heterocycles. The summed E-state index contributed by atoms with van der Waals surface area (Å²) in [6.45, 7) is 3.59. The number of amides is 1. The van der Waals surface area contributed by atoms with Gasteiger partial charge in [-0.05, 0) is 50.8 Å². The number of ether oxygens (including phenoxy) is 1. The first-order chi connectivity index (χ1) is 13.9. The van der Waals surface area contributed by atoms with Crippen molar-refractivity contribution in [2.75, 3.05) is 24.5 Å². The van der Waals surface area contributed by atoms with Gasteiger partial charge in [0.05, 0.1) is 11.3 Å². The highest BCUT2D eigenvalue weighted by molar-refractivity contribution is 7.90. The molecule has 1 amide bonds. The molecule has 1 aromatic rings. The van der Waals surface area contributed by atoms with E-state index in [4.69, 9.17) is 4.74 Å². The molecule has 0 aliphatic carbocycles. The number of nitrogens with zero attached hydrogens (tertiary/aromatic N) is 3. The van der Waals surface area contributed by atoms with Crippen LogP contribution in [-0.2, 0) is 19.6 Å². The molecule has 9 heteroatoms. The fourth-order valence-electron chi connectivity index (χ4n) is 4.08. The monoisotopic (exact) mass is 419 g/mol. The fourth-order valence-corrected chi connectivity index (χ4v) is 5.36. The van der Waals surface area contributed by atoms with Gasteiger partial charge in [0.1, 0.15) is 10.7 Å². The van der Waals surface area contributed by atoms with Gasteiger partial charge in [0, 0.05) is 26.1 Å². The Balaban J connectivity index is 1.57. The summed E-state index contributed by atoms with van der Waals surface area (Å²) >= 11 is 0. The Hall–Kier alpha value is -2.42. The van der Waals surface area contributed by atoms with Crippen molar-refractivity contribution in [1.82, 2.24) is 4.90 Å². The van der Waals surface area contributed by atoms with E-state index in [0.717, 1.165) is 32.1 Å². The van der Waals surface area contributed by atoms with E-state index in [2.05, 4.69) is 4.40 Å². The number of benzene rings is 1. The van der Waals surface area contributed by atoms with Crippen molar-refractivity contribution in [2.45, 2.75) is 56.4 Å². The number of anilines is 1. The number of carbonyl (C=O) groups is 2. The number of sulfonamides is 1. The number of hydrogen-bond donors (Lipinski definition) is 0. The zero-order valence-corrected chi connectivity index (χ0v) is 17.3. The van der Waals surface area contributed by atoms with Crippen LogP contribution in [-0.4, -0.2) is 56.8 Å². The Kier molecular flexibility index (Phi) is 5.33. The van der Waals surface area contributed by atoms with Gasteiger partial charge in [0.2, 0.25) is 0 Å². The number of amidine groups is 1. The normalized spacial score (nSPS) is 21.5. The number of esters is 1. The molecule has 3 aliphatic rings. The zero-order chi connectivity index (χ0) is 20.6. The lowest BCUT2D eigenvalue weighted by molar-refractivity contribution is -0.138. The van der Waals surface area contributed by atoms with Crippen LogP contribution in [0.3, 0.4) is 0 Å². The first-order valence-corrected chi connectivity index (χ1v) is 11.6. The number of fused-ring (bicyclic) bond motifs is 3. The van der Waals surface area contributed by atoms with E-state index < -0.39 is 22.1 Å². The van der Waals surface area contributed by atoms with Crippen molar-refractivity contribution < 1.29 is 22.7 Å². The minimum Gasteiger partial charge on any atom is -0.449 e. The van der Waals surface area contributed by atoms with Crippen molar-refractivity contribution in [3.63, 3.8) is 0 Å². The summed E-state index contributed by atoms with van der Waals surface area (Å²) in [4.78, 5) is 28.6. The summed E-state index contributed by atoms with van der Waals surface area (Å²) in [5.74, 6) is -0.371. The molecule has 8 nitrogen and oxygen atoms in total. The van der Waals surface area contributed by atoms with E-state index in [9.17, 15) is 18.0 Å². The third-order valence-electron chi connectivity index (χ3n) is 5.63. The van der Waals surface area contributed by atoms with Crippen LogP contribution in [0.1, 0.15) is 55.8 Å². The fraction of sp³-hybridized carbons (Fsp3) is 0.550. The molecule has 0 radical (unpaired) electrons. The Morgan fingerprint density at radius 3 is 2.55 bits per heavy atom. The second-order valence-corrected chi connectivity index (χ2v) is 9.28. The molecule has 29 heavy (non-hydrogen) atoms. The Morgan fingerprint density at radius 1 is 1.07 bits per heavy atom. The topological polar surface area (TPSA) is 96.4 Å². The third-order valence-corrected chi connectivity index (χ3v) is 6.97. The maximum Gasteiger partial charge on any atom is 0.338 e. The number of carbonyl (C=O) groups excluding carboxylic acids is 2. The van der Waals surface area contributed by atoms with Gasteiger partial charge in [0.25, 0.3) is 15.9 Å². The smallest absolute Gasteiger partial charge is 0.338 e. The molecule has 1 atom stereocenters. The molecular weight excluding hydrogens is 394 g/mol. The number of hydrogen-bond acceptors (Lipinski definition) is 6. The summed E-state index contributed by atoms with van der Waals surface area (Å²) in [5, 5.41) is 0. The average Bonchev–Trinajstić information content (AvgIpc) is 3.13. The molecular formula is C20H25N3O5S. The van der Waals surface area contributed by atoms with Crippen molar-refractivity contribution >= 4 is 33.4 Å². The minimum atomic E-state index is -3.88. The van der Waals surface area contributed by atoms with Crippen LogP contribution in [0.4, 0.5) is 5.69 Å². The van der Waals surface area contributed by atoms with Crippen LogP contribution in [0.5, 0.6) is 0 Å². The molecule has 2 fully saturated rings. The van der Waals surface area contributed by atoms with E-state index in [1.165, 1.54) is 6.07 Å². The highest BCUT2D eigenvalue weighted by Gasteiger charge is 2.33. The van der Waals surface area contributed by atoms with E-state index >= 15 is 0 Å². The van der Waals surface area contributed by atoms with E-state index in [-0.39, 0.29) is 16.4 Å². The van der Waals surface area contributed by atoms with Gasteiger partial charge in [0.15, 0.2) is 6.10 Å². The first-order valence-electron chi connectivity index (χ1n) is 10.1. The quantitative estimate of drug-likeness (QED) is 0.698. The molecule has 0 aromatic heterocycles. The van der Waals surface area contributed by atoms with Gasteiger partial charge in [-0.1, -0.05) is 6.42 Å². The molecule has 0 bridgehead atoms. The van der Waals surface area contributed by atoms with Crippen LogP contribution in [0.15, 0.2) is 27.5 Å². The number of rotatable bonds is 3. The van der Waals surface area contributed by atoms with Crippen molar-refractivity contribution in [3.05, 3.63) is 23.8 Å². The highest BCUT2D eigenvalue weighted by Crippen LogP contribution is 2.35. The van der Waals surface area contributed by atoms with Crippen molar-refractivity contribution in [2.24, 2.45) is 4.40 Å². The zero-order valence-electron chi connectivity index (χ0n) is 16.5. The van der Waals surface area contributed by atoms with Crippen molar-refractivity contribution in [1.29, 1.82) is 0 Å². The lowest BCUT2D eigenvalue weighted by atomic mass is 10.1. The second-order valence-electron chi connectivity index (χ2n) is 7.71. The lowest BCUT2D eigenvalue weighted by Crippen LogP contribution is -2.38. The summed E-state index contributed by atoms with van der Waals surface area (Å²) in [6.07, 6.45) is 4.51. The lowest BCUT2D eigenvalue weighted by Gasteiger charge is -2.29. The van der Waals surface area contributed by atoms with E-state index in [0.29, 0.717) is 37.6 Å². The van der Waals surface area contributed by atoms with Crippen LogP contribution < -0.4 is 4.90 Å². The molecule has 1 unspecified atom stereocenters. The van der Waals surface area contributed by atoms with E-state index in [1.54, 1.807) is 24.0 Å². The highest BCUT2D eigenvalue weighted by atomic mass is 32.2. The van der Waals surface area contributed by atoms with Crippen molar-refractivity contribution in [3.8, 4) is 0 Å². The summed E-state index contributed by atoms with van der Waals surface area (Å²) < 4.78 is 34.7. The molecule has 3 aliphatic heterocycles. The van der Waals surface area contributed by atoms with Gasteiger partial charge in [-0.3, -0.25) is 4.79 Å². The van der Waals surface area contributed by atoms with Crippen LogP contribution >= 0.6 is 0 Å². The molecule has 2 saturated heterocycles. The largest absolute Gasteiger partial charge is 0.449 e. The third kappa shape index (κ3) is 3.88. The molecule has 0 saturated carbocycles. The van der Waals surface area contributed by atoms with E-state index in [1.807, 2.05) is 4.90 Å². The van der Waals surface area contributed by atoms with Crippen LogP contribution in [0, 0.1) is 0 Å². The van der Waals surface area contributed by atoms with Gasteiger partial charge in [-0.15, -0.1) is 4.40 Å². The van der Waals surface area contributed by atoms with Gasteiger partial charge in [-0.25, -0.2) is 4.79 Å². The Labute approximate surface area is 170 Å². The molecule has 0 N–H and O–H groups in total. The maximum atomic E-state index is 12.7. The van der Waals surface area contributed by atoms with Gasteiger partial charge in [-0.2, -0.15) is 8.42 Å². The summed E-state index contributed by atoms with van der Waals surface area (Å²) in [5.41, 5.74) is 0.650. The molecule has 0 spiro atoms. The summed E-state index contributed by atoms with van der Waals surface area (Å²) in [7, 11) is -3.88. The maximum absolute atomic E-state index is 12.7. The molecule has 1 aromatic carbocycles. The average molecular weight is 420 g/mol. The van der Waals surface area contributed by atoms with Gasteiger partial charge >= 0.3 is 5.97 Å². The second kappa shape index (κ2) is 7.78. The first kappa shape index (κ1) is 19.9. The Bertz CT molecular complexity index is 966. The van der Waals surface area contributed by atoms with Crippen LogP contribution in [0.2, 0.25) is 0 Å². The van der Waals surface area contributed by atoms with Gasteiger partial charge < -0.3 is 14.5 Å². The Morgan fingerprint density at radius 2 is 1.79 bits per heavy atom. The molecule has 156 valence electrons. The summed E-state index contributed by atoms with van der Waals surface area (Å²) in [6, 6.07) is 4.50. The SMILES string of the molecule is CC(OC(=O)c1ccc2c(c1)S(=O)(=O)N=C1CCCCCN12)C(=O)N1CCCC1. The van der Waals surface area contributed by atoms with Crippen LogP contribution in [0.25, 0.3) is 0 Å². The predicted molar refractivity (Wildman–Crippen MR) is 108 cm³/mol.